The third kappa shape index (κ3) is 5.39. The normalized spacial score (nSPS) is 16.3. The quantitative estimate of drug-likeness (QED) is 0.622. The molecule has 2 aromatic heterocycles. The lowest BCUT2D eigenvalue weighted by atomic mass is 10.2. The minimum Gasteiger partial charge on any atom is -0.319 e. The molecule has 0 bridgehead atoms. The maximum Gasteiger partial charge on any atom is 0.275 e. The second kappa shape index (κ2) is 9.03. The minimum absolute atomic E-state index is 0.123. The van der Waals surface area contributed by atoms with Crippen LogP contribution in [-0.4, -0.2) is 65.3 Å². The summed E-state index contributed by atoms with van der Waals surface area (Å²) in [6, 6.07) is 6.00. The van der Waals surface area contributed by atoms with Crippen molar-refractivity contribution in [2.45, 2.75) is 12.8 Å². The van der Waals surface area contributed by atoms with Gasteiger partial charge in [0.05, 0.1) is 34.6 Å². The third-order valence-corrected chi connectivity index (χ3v) is 6.81. The molecule has 0 radical (unpaired) electrons. The largest absolute Gasteiger partial charge is 0.319 e. The number of fused-ring (bicyclic) bond motifs is 1. The van der Waals surface area contributed by atoms with E-state index in [0.29, 0.717) is 30.4 Å². The van der Waals surface area contributed by atoms with Crippen LogP contribution in [0.25, 0.3) is 10.9 Å². The number of aryl methyl sites for hydroxylation is 1. The van der Waals surface area contributed by atoms with Crippen LogP contribution in [0.15, 0.2) is 42.9 Å². The first-order valence-corrected chi connectivity index (χ1v) is 11.8. The molecule has 1 saturated heterocycles. The molecule has 0 saturated carbocycles. The Labute approximate surface area is 179 Å². The molecule has 1 aromatic carbocycles. The van der Waals surface area contributed by atoms with Gasteiger partial charge in [0, 0.05) is 30.9 Å². The SMILES string of the molecule is O=C(Nc1cc(F)cc2cccnc12)c1cnc(CCCN2CCS(=O)(=O)CC2)cn1. The second-order valence-electron chi connectivity index (χ2n) is 7.47. The first-order valence-electron chi connectivity index (χ1n) is 9.99. The summed E-state index contributed by atoms with van der Waals surface area (Å²) in [6.45, 7) is 1.92. The molecule has 0 unspecified atom stereocenters. The van der Waals surface area contributed by atoms with E-state index < -0.39 is 21.6 Å². The van der Waals surface area contributed by atoms with E-state index in [1.165, 1.54) is 18.3 Å². The zero-order valence-electron chi connectivity index (χ0n) is 16.8. The molecule has 1 N–H and O–H groups in total. The Morgan fingerprint density at radius 3 is 2.68 bits per heavy atom. The summed E-state index contributed by atoms with van der Waals surface area (Å²) < 4.78 is 36.8. The first kappa shape index (κ1) is 21.3. The van der Waals surface area contributed by atoms with Crippen LogP contribution in [0.2, 0.25) is 0 Å². The summed E-state index contributed by atoms with van der Waals surface area (Å²) in [5, 5.41) is 3.24. The molecule has 162 valence electrons. The number of halogens is 1. The topological polar surface area (TPSA) is 105 Å². The van der Waals surface area contributed by atoms with Crippen molar-refractivity contribution >= 4 is 32.3 Å². The maximum atomic E-state index is 13.9. The fourth-order valence-electron chi connectivity index (χ4n) is 3.50. The number of amides is 1. The van der Waals surface area contributed by atoms with Gasteiger partial charge in [-0.2, -0.15) is 0 Å². The van der Waals surface area contributed by atoms with Gasteiger partial charge in [0.2, 0.25) is 0 Å². The fourth-order valence-corrected chi connectivity index (χ4v) is 4.77. The van der Waals surface area contributed by atoms with Crippen molar-refractivity contribution < 1.29 is 17.6 Å². The number of carbonyl (C=O) groups is 1. The van der Waals surface area contributed by atoms with Gasteiger partial charge < -0.3 is 10.2 Å². The highest BCUT2D eigenvalue weighted by molar-refractivity contribution is 7.91. The van der Waals surface area contributed by atoms with Crippen molar-refractivity contribution in [1.29, 1.82) is 0 Å². The summed E-state index contributed by atoms with van der Waals surface area (Å²) in [7, 11) is -2.87. The predicted molar refractivity (Wildman–Crippen MR) is 115 cm³/mol. The lowest BCUT2D eigenvalue weighted by Gasteiger charge is -2.26. The Balaban J connectivity index is 1.34. The Kier molecular flexibility index (Phi) is 6.19. The van der Waals surface area contributed by atoms with Crippen LogP contribution in [-0.2, 0) is 16.3 Å². The van der Waals surface area contributed by atoms with Crippen LogP contribution in [0.5, 0.6) is 0 Å². The molecule has 3 heterocycles. The number of benzene rings is 1. The number of aromatic nitrogens is 3. The summed E-state index contributed by atoms with van der Waals surface area (Å²) >= 11 is 0. The number of sulfone groups is 1. The molecule has 31 heavy (non-hydrogen) atoms. The van der Waals surface area contributed by atoms with Crippen molar-refractivity contribution in [2.75, 3.05) is 36.5 Å². The molecule has 1 aliphatic heterocycles. The van der Waals surface area contributed by atoms with Gasteiger partial charge >= 0.3 is 0 Å². The summed E-state index contributed by atoms with van der Waals surface area (Å²) in [6.07, 6.45) is 6.02. The smallest absolute Gasteiger partial charge is 0.275 e. The van der Waals surface area contributed by atoms with E-state index in [2.05, 4.69) is 25.2 Å². The van der Waals surface area contributed by atoms with Gasteiger partial charge in [-0.05, 0) is 37.6 Å². The first-order chi connectivity index (χ1) is 14.9. The number of hydrogen-bond acceptors (Lipinski definition) is 7. The summed E-state index contributed by atoms with van der Waals surface area (Å²) in [4.78, 5) is 27.4. The van der Waals surface area contributed by atoms with Crippen molar-refractivity contribution in [3.63, 3.8) is 0 Å². The van der Waals surface area contributed by atoms with E-state index in [1.54, 1.807) is 24.5 Å². The fraction of sp³-hybridized carbons (Fsp3) is 0.333. The monoisotopic (exact) mass is 443 g/mol. The van der Waals surface area contributed by atoms with Gasteiger partial charge in [-0.25, -0.2) is 17.8 Å². The number of nitrogens with one attached hydrogen (secondary N) is 1. The van der Waals surface area contributed by atoms with Gasteiger partial charge in [0.15, 0.2) is 9.84 Å². The molecule has 1 amide bonds. The van der Waals surface area contributed by atoms with E-state index >= 15 is 0 Å². The molecular formula is C21H22FN5O3S. The Hall–Kier alpha value is -2.98. The minimum atomic E-state index is -2.87. The van der Waals surface area contributed by atoms with Gasteiger partial charge in [0.1, 0.15) is 11.5 Å². The average molecular weight is 444 g/mol. The van der Waals surface area contributed by atoms with Gasteiger partial charge in [0.25, 0.3) is 5.91 Å². The van der Waals surface area contributed by atoms with E-state index in [0.717, 1.165) is 18.7 Å². The van der Waals surface area contributed by atoms with Crippen molar-refractivity contribution in [3.8, 4) is 0 Å². The maximum absolute atomic E-state index is 13.9. The number of hydrogen-bond donors (Lipinski definition) is 1. The van der Waals surface area contributed by atoms with E-state index in [1.807, 2.05) is 0 Å². The van der Waals surface area contributed by atoms with E-state index in [9.17, 15) is 17.6 Å². The molecule has 4 rings (SSSR count). The molecule has 10 heteroatoms. The molecule has 0 atom stereocenters. The van der Waals surface area contributed by atoms with Crippen molar-refractivity contribution in [3.05, 3.63) is 60.1 Å². The van der Waals surface area contributed by atoms with Crippen LogP contribution in [0.1, 0.15) is 22.6 Å². The van der Waals surface area contributed by atoms with Gasteiger partial charge in [-0.1, -0.05) is 6.07 Å². The zero-order valence-corrected chi connectivity index (χ0v) is 17.6. The highest BCUT2D eigenvalue weighted by atomic mass is 32.2. The van der Waals surface area contributed by atoms with Crippen LogP contribution in [0.4, 0.5) is 10.1 Å². The van der Waals surface area contributed by atoms with Crippen LogP contribution < -0.4 is 5.32 Å². The van der Waals surface area contributed by atoms with Gasteiger partial charge in [-0.3, -0.25) is 14.8 Å². The Morgan fingerprint density at radius 1 is 1.13 bits per heavy atom. The molecule has 0 spiro atoms. The van der Waals surface area contributed by atoms with E-state index in [-0.39, 0.29) is 22.9 Å². The highest BCUT2D eigenvalue weighted by Gasteiger charge is 2.21. The van der Waals surface area contributed by atoms with Crippen LogP contribution >= 0.6 is 0 Å². The van der Waals surface area contributed by atoms with Crippen LogP contribution in [0.3, 0.4) is 0 Å². The summed E-state index contributed by atoms with van der Waals surface area (Å²) in [5.74, 6) is -0.533. The van der Waals surface area contributed by atoms with Crippen molar-refractivity contribution in [1.82, 2.24) is 19.9 Å². The number of pyridine rings is 1. The zero-order chi connectivity index (χ0) is 21.8. The lowest BCUT2D eigenvalue weighted by Crippen LogP contribution is -2.40. The average Bonchev–Trinajstić information content (AvgIpc) is 2.75. The molecule has 8 nitrogen and oxygen atoms in total. The third-order valence-electron chi connectivity index (χ3n) is 5.20. The Morgan fingerprint density at radius 2 is 1.94 bits per heavy atom. The Bertz CT molecular complexity index is 1190. The number of carbonyl (C=O) groups excluding carboxylic acids is 1. The number of anilines is 1. The standard InChI is InChI=1S/C21H22FN5O3S/c22-16-11-15-3-1-5-23-20(15)18(12-16)26-21(28)19-14-24-17(13-25-19)4-2-6-27-7-9-31(29,30)10-8-27/h1,3,5,11-14H,2,4,6-10H2,(H,26,28). The number of nitrogens with zero attached hydrogens (tertiary/aromatic N) is 4. The molecule has 1 fully saturated rings. The lowest BCUT2D eigenvalue weighted by molar-refractivity contribution is 0.102. The summed E-state index contributed by atoms with van der Waals surface area (Å²) in [5.41, 5.74) is 1.64. The molecule has 3 aromatic rings. The molecular weight excluding hydrogens is 421 g/mol. The van der Waals surface area contributed by atoms with Crippen molar-refractivity contribution in [2.24, 2.45) is 0 Å². The highest BCUT2D eigenvalue weighted by Crippen LogP contribution is 2.23. The number of rotatable bonds is 6. The predicted octanol–water partition coefficient (Wildman–Crippen LogP) is 2.08. The van der Waals surface area contributed by atoms with Crippen LogP contribution in [0, 0.1) is 5.82 Å². The van der Waals surface area contributed by atoms with E-state index in [4.69, 9.17) is 0 Å². The molecule has 1 aliphatic rings. The second-order valence-corrected chi connectivity index (χ2v) is 9.78. The van der Waals surface area contributed by atoms with Gasteiger partial charge in [-0.15, -0.1) is 0 Å². The molecule has 0 aliphatic carbocycles.